The molecule has 0 bridgehead atoms. The number of anilines is 3. The van der Waals surface area contributed by atoms with Gasteiger partial charge in [0, 0.05) is 44.0 Å². The highest BCUT2D eigenvalue weighted by molar-refractivity contribution is 6.15. The zero-order valence-corrected chi connectivity index (χ0v) is 47.3. The minimum absolute atomic E-state index is 0.550. The fourth-order valence-corrected chi connectivity index (χ4v) is 17.0. The van der Waals surface area contributed by atoms with Crippen LogP contribution in [-0.4, -0.2) is 9.13 Å². The molecule has 2 spiro atoms. The van der Waals surface area contributed by atoms with E-state index in [1.54, 1.807) is 0 Å². The molecular formula is C84H51N3. The van der Waals surface area contributed by atoms with E-state index in [4.69, 9.17) is 0 Å². The molecule has 3 heteroatoms. The Kier molecular flexibility index (Phi) is 9.32. The highest BCUT2D eigenvalue weighted by Crippen LogP contribution is 2.66. The summed E-state index contributed by atoms with van der Waals surface area (Å²) in [7, 11) is 0. The molecule has 0 N–H and O–H groups in total. The van der Waals surface area contributed by atoms with E-state index in [2.05, 4.69) is 323 Å². The van der Waals surface area contributed by atoms with Crippen molar-refractivity contribution in [3.63, 3.8) is 0 Å². The third-order valence-electron chi connectivity index (χ3n) is 20.3. The maximum atomic E-state index is 2.59. The standard InChI is InChI=1S/C84H51N3/c1-2-27-65-63(25-1)80(51-75-81(65)67-28-6-13-33-71(67)83(75)68-30-10-3-20-57(68)58-21-4-11-31-69(58)83)85(54-44-40-52(41-45-54)53-42-46-55(47-43-53)86-76-36-15-7-23-61(76)62-24-8-16-37-77(62)86)56-48-49-60-59-22-5-12-32-70(59)84(74(60)50-56)72-34-14-18-39-79(72)87-78-38-17-9-26-64(78)66-29-19-35-73(84)82(66)87/h1-51H. The second kappa shape index (κ2) is 17.2. The topological polar surface area (TPSA) is 13.1 Å². The zero-order chi connectivity index (χ0) is 56.7. The van der Waals surface area contributed by atoms with Crippen molar-refractivity contribution in [1.29, 1.82) is 0 Å². The van der Waals surface area contributed by atoms with E-state index in [1.807, 2.05) is 0 Å². The van der Waals surface area contributed by atoms with Crippen LogP contribution in [0.15, 0.2) is 309 Å². The fourth-order valence-electron chi connectivity index (χ4n) is 17.0. The molecule has 0 saturated carbocycles. The lowest BCUT2D eigenvalue weighted by molar-refractivity contribution is 0.748. The molecule has 402 valence electrons. The second-order valence-electron chi connectivity index (χ2n) is 24.1. The molecule has 0 amide bonds. The summed E-state index contributed by atoms with van der Waals surface area (Å²) in [5.41, 5.74) is 30.0. The predicted molar refractivity (Wildman–Crippen MR) is 360 cm³/mol. The van der Waals surface area contributed by atoms with Gasteiger partial charge < -0.3 is 14.0 Å². The van der Waals surface area contributed by atoms with E-state index >= 15 is 0 Å². The number of fused-ring (bicyclic) bond motifs is 27. The SMILES string of the molecule is c1ccc2c(c1)-c1ccccc1C21c2ccccc2-c2c1cc(N(c1ccc(-c3ccc(-n4c5ccccc5c5ccccc54)cc3)cc1)c1ccc3c(c1)C1(c4ccccc4-3)c3ccccc3-n3c4ccccc4c4cccc1c43)c1ccccc21. The van der Waals surface area contributed by atoms with Crippen molar-refractivity contribution in [1.82, 2.24) is 9.13 Å². The Balaban J connectivity index is 0.841. The molecule has 20 rings (SSSR count). The minimum Gasteiger partial charge on any atom is -0.310 e. The van der Waals surface area contributed by atoms with Crippen molar-refractivity contribution < 1.29 is 0 Å². The molecule has 1 unspecified atom stereocenters. The zero-order valence-electron chi connectivity index (χ0n) is 47.3. The second-order valence-corrected chi connectivity index (χ2v) is 24.1. The van der Waals surface area contributed by atoms with E-state index in [-0.39, 0.29) is 0 Å². The van der Waals surface area contributed by atoms with E-state index in [0.29, 0.717) is 0 Å². The van der Waals surface area contributed by atoms with Gasteiger partial charge in [-0.2, -0.15) is 0 Å². The number of hydrogen-bond acceptors (Lipinski definition) is 1. The van der Waals surface area contributed by atoms with Crippen LogP contribution in [0, 0.1) is 0 Å². The summed E-state index contributed by atoms with van der Waals surface area (Å²) in [6.45, 7) is 0. The molecule has 0 fully saturated rings. The number of aromatic nitrogens is 2. The summed E-state index contributed by atoms with van der Waals surface area (Å²) >= 11 is 0. The first kappa shape index (κ1) is 47.1. The van der Waals surface area contributed by atoms with Crippen molar-refractivity contribution in [3.05, 3.63) is 354 Å². The third-order valence-corrected chi connectivity index (χ3v) is 20.3. The molecule has 3 heterocycles. The summed E-state index contributed by atoms with van der Waals surface area (Å²) in [4.78, 5) is 2.59. The van der Waals surface area contributed by atoms with Crippen LogP contribution >= 0.6 is 0 Å². The number of nitrogens with zero attached hydrogens (tertiary/aromatic N) is 3. The molecule has 3 aliphatic carbocycles. The highest BCUT2D eigenvalue weighted by atomic mass is 15.1. The monoisotopic (exact) mass is 1100 g/mol. The van der Waals surface area contributed by atoms with Gasteiger partial charge in [0.15, 0.2) is 0 Å². The van der Waals surface area contributed by atoms with Crippen LogP contribution in [0.1, 0.15) is 44.5 Å². The van der Waals surface area contributed by atoms with Crippen molar-refractivity contribution >= 4 is 71.4 Å². The van der Waals surface area contributed by atoms with Crippen molar-refractivity contribution in [2.75, 3.05) is 4.90 Å². The summed E-state index contributed by atoms with van der Waals surface area (Å²) in [5.74, 6) is 0. The van der Waals surface area contributed by atoms with Crippen LogP contribution in [0.2, 0.25) is 0 Å². The maximum absolute atomic E-state index is 2.59. The Morgan fingerprint density at radius 1 is 0.253 bits per heavy atom. The van der Waals surface area contributed by atoms with Gasteiger partial charge in [-0.3, -0.25) is 0 Å². The first-order valence-electron chi connectivity index (χ1n) is 30.4. The molecule has 0 saturated heterocycles. The van der Waals surface area contributed by atoms with Gasteiger partial charge in [-0.25, -0.2) is 0 Å². The van der Waals surface area contributed by atoms with Gasteiger partial charge in [0.05, 0.1) is 44.3 Å². The summed E-state index contributed by atoms with van der Waals surface area (Å²) in [6, 6.07) is 117. The van der Waals surface area contributed by atoms with Gasteiger partial charge in [-0.1, -0.05) is 243 Å². The number of benzene rings is 14. The number of para-hydroxylation sites is 5. The first-order chi connectivity index (χ1) is 43.2. The van der Waals surface area contributed by atoms with E-state index in [9.17, 15) is 0 Å². The molecule has 14 aromatic carbocycles. The fraction of sp³-hybridized carbons (Fsp3) is 0.0238. The van der Waals surface area contributed by atoms with Crippen LogP contribution in [0.5, 0.6) is 0 Å². The number of hydrogen-bond donors (Lipinski definition) is 0. The molecular weight excluding hydrogens is 1050 g/mol. The van der Waals surface area contributed by atoms with Gasteiger partial charge in [-0.05, 0) is 161 Å². The summed E-state index contributed by atoms with van der Waals surface area (Å²) in [5, 5.41) is 7.51. The van der Waals surface area contributed by atoms with Crippen molar-refractivity contribution in [3.8, 4) is 55.9 Å². The minimum atomic E-state index is -0.633. The predicted octanol–water partition coefficient (Wildman–Crippen LogP) is 21.2. The normalized spacial score (nSPS) is 15.0. The quantitative estimate of drug-likeness (QED) is 0.167. The average Bonchev–Trinajstić information content (AvgIpc) is 1.69. The summed E-state index contributed by atoms with van der Waals surface area (Å²) in [6.07, 6.45) is 0. The van der Waals surface area contributed by atoms with Gasteiger partial charge in [0.1, 0.15) is 0 Å². The highest BCUT2D eigenvalue weighted by Gasteiger charge is 2.54. The molecule has 16 aromatic rings. The average molecular weight is 1100 g/mol. The molecule has 4 aliphatic rings. The third kappa shape index (κ3) is 5.91. The van der Waals surface area contributed by atoms with Gasteiger partial charge in [-0.15, -0.1) is 0 Å². The van der Waals surface area contributed by atoms with Crippen LogP contribution < -0.4 is 4.90 Å². The van der Waals surface area contributed by atoms with E-state index < -0.39 is 10.8 Å². The molecule has 0 radical (unpaired) electrons. The van der Waals surface area contributed by atoms with Crippen molar-refractivity contribution in [2.45, 2.75) is 10.8 Å². The van der Waals surface area contributed by atoms with Crippen molar-refractivity contribution in [2.24, 2.45) is 0 Å². The number of rotatable bonds is 5. The lowest BCUT2D eigenvalue weighted by Gasteiger charge is -2.40. The molecule has 3 nitrogen and oxygen atoms in total. The Hall–Kier alpha value is -11.3. The van der Waals surface area contributed by atoms with Gasteiger partial charge in [0.2, 0.25) is 0 Å². The van der Waals surface area contributed by atoms with E-state index in [1.165, 1.54) is 144 Å². The largest absolute Gasteiger partial charge is 0.310 e. The lowest BCUT2D eigenvalue weighted by atomic mass is 9.65. The Morgan fingerprint density at radius 2 is 0.678 bits per heavy atom. The van der Waals surface area contributed by atoms with Gasteiger partial charge in [0.25, 0.3) is 0 Å². The van der Waals surface area contributed by atoms with Crippen LogP contribution in [0.25, 0.3) is 110 Å². The summed E-state index contributed by atoms with van der Waals surface area (Å²) < 4.78 is 4.94. The molecule has 2 aromatic heterocycles. The molecule has 1 atom stereocenters. The van der Waals surface area contributed by atoms with E-state index in [0.717, 1.165) is 28.3 Å². The maximum Gasteiger partial charge on any atom is 0.0755 e. The first-order valence-corrected chi connectivity index (χ1v) is 30.4. The Morgan fingerprint density at radius 3 is 1.30 bits per heavy atom. The molecule has 87 heavy (non-hydrogen) atoms. The molecule has 1 aliphatic heterocycles. The smallest absolute Gasteiger partial charge is 0.0755 e. The lowest BCUT2D eigenvalue weighted by Crippen LogP contribution is -2.33. The van der Waals surface area contributed by atoms with Gasteiger partial charge >= 0.3 is 0 Å². The van der Waals surface area contributed by atoms with Crippen LogP contribution in [0.3, 0.4) is 0 Å². The Labute approximate surface area is 503 Å². The van der Waals surface area contributed by atoms with Crippen LogP contribution in [-0.2, 0) is 10.8 Å². The Bertz CT molecular complexity index is 5560. The van der Waals surface area contributed by atoms with Crippen LogP contribution in [0.4, 0.5) is 17.1 Å².